The minimum atomic E-state index is -3.24. The van der Waals surface area contributed by atoms with Gasteiger partial charge in [-0.05, 0) is 50.6 Å². The maximum atomic E-state index is 11.9. The van der Waals surface area contributed by atoms with Crippen molar-refractivity contribution in [2.75, 3.05) is 23.6 Å². The van der Waals surface area contributed by atoms with E-state index >= 15 is 0 Å². The van der Waals surface area contributed by atoms with Crippen molar-refractivity contribution in [3.8, 4) is 0 Å². The van der Waals surface area contributed by atoms with Crippen molar-refractivity contribution in [3.63, 3.8) is 0 Å². The predicted octanol–water partition coefficient (Wildman–Crippen LogP) is 2.97. The molecule has 0 heterocycles. The zero-order chi connectivity index (χ0) is 14.1. The molecule has 0 saturated heterocycles. The standard InChI is InChI=1S/C13H21BrN2O2S/c1-2-8-15-9-3-4-10-19(17,18)16-13-7-5-6-12(14)11-13/h5-7,11,15-16H,2-4,8-10H2,1H3. The molecule has 0 aromatic heterocycles. The summed E-state index contributed by atoms with van der Waals surface area (Å²) >= 11 is 3.31. The van der Waals surface area contributed by atoms with E-state index in [4.69, 9.17) is 0 Å². The van der Waals surface area contributed by atoms with Gasteiger partial charge >= 0.3 is 0 Å². The van der Waals surface area contributed by atoms with Crippen LogP contribution in [0.2, 0.25) is 0 Å². The fourth-order valence-electron chi connectivity index (χ4n) is 1.63. The molecule has 1 rings (SSSR count). The monoisotopic (exact) mass is 348 g/mol. The summed E-state index contributed by atoms with van der Waals surface area (Å²) in [4.78, 5) is 0. The normalized spacial score (nSPS) is 11.5. The Hall–Kier alpha value is -0.590. The Morgan fingerprint density at radius 1 is 1.21 bits per heavy atom. The van der Waals surface area contributed by atoms with E-state index in [-0.39, 0.29) is 5.75 Å². The van der Waals surface area contributed by atoms with Gasteiger partial charge in [-0.3, -0.25) is 4.72 Å². The van der Waals surface area contributed by atoms with Crippen molar-refractivity contribution >= 4 is 31.6 Å². The molecule has 1 aromatic rings. The second-order valence-corrected chi connectivity index (χ2v) is 7.15. The molecule has 0 bridgehead atoms. The van der Waals surface area contributed by atoms with Crippen molar-refractivity contribution in [3.05, 3.63) is 28.7 Å². The van der Waals surface area contributed by atoms with Crippen molar-refractivity contribution in [1.29, 1.82) is 0 Å². The molecule has 0 amide bonds. The fraction of sp³-hybridized carbons (Fsp3) is 0.538. The van der Waals surface area contributed by atoms with Gasteiger partial charge in [0.25, 0.3) is 0 Å². The maximum Gasteiger partial charge on any atom is 0.232 e. The Kier molecular flexibility index (Phi) is 7.41. The Labute approximate surface area is 124 Å². The van der Waals surface area contributed by atoms with E-state index in [0.29, 0.717) is 12.1 Å². The topological polar surface area (TPSA) is 58.2 Å². The first-order valence-corrected chi connectivity index (χ1v) is 8.95. The van der Waals surface area contributed by atoms with Gasteiger partial charge in [-0.15, -0.1) is 0 Å². The summed E-state index contributed by atoms with van der Waals surface area (Å²) in [6.07, 6.45) is 2.64. The summed E-state index contributed by atoms with van der Waals surface area (Å²) in [5.74, 6) is 0.160. The van der Waals surface area contributed by atoms with Gasteiger partial charge in [0, 0.05) is 10.2 Å². The van der Waals surface area contributed by atoms with Gasteiger partial charge in [0.15, 0.2) is 0 Å². The van der Waals surface area contributed by atoms with Crippen molar-refractivity contribution < 1.29 is 8.42 Å². The number of anilines is 1. The molecule has 0 fully saturated rings. The van der Waals surface area contributed by atoms with Crippen LogP contribution in [0.25, 0.3) is 0 Å². The quantitative estimate of drug-likeness (QED) is 0.674. The van der Waals surface area contributed by atoms with Crippen molar-refractivity contribution in [2.45, 2.75) is 26.2 Å². The van der Waals surface area contributed by atoms with E-state index in [0.717, 1.165) is 30.4 Å². The highest BCUT2D eigenvalue weighted by Crippen LogP contribution is 2.17. The molecule has 0 saturated carbocycles. The largest absolute Gasteiger partial charge is 0.317 e. The third kappa shape index (κ3) is 7.54. The molecule has 0 spiro atoms. The van der Waals surface area contributed by atoms with Crippen LogP contribution in [0.1, 0.15) is 26.2 Å². The average Bonchev–Trinajstić information content (AvgIpc) is 2.33. The van der Waals surface area contributed by atoms with Gasteiger partial charge in [-0.1, -0.05) is 28.9 Å². The highest BCUT2D eigenvalue weighted by atomic mass is 79.9. The molecule has 4 nitrogen and oxygen atoms in total. The van der Waals surface area contributed by atoms with E-state index in [2.05, 4.69) is 32.9 Å². The molecule has 0 unspecified atom stereocenters. The van der Waals surface area contributed by atoms with Gasteiger partial charge in [-0.2, -0.15) is 0 Å². The van der Waals surface area contributed by atoms with Gasteiger partial charge in [0.05, 0.1) is 5.75 Å². The number of sulfonamides is 1. The first kappa shape index (κ1) is 16.5. The Morgan fingerprint density at radius 2 is 2.00 bits per heavy atom. The van der Waals surface area contributed by atoms with Crippen LogP contribution in [0.3, 0.4) is 0 Å². The van der Waals surface area contributed by atoms with Crippen LogP contribution >= 0.6 is 15.9 Å². The number of nitrogens with one attached hydrogen (secondary N) is 2. The molecule has 0 aliphatic rings. The summed E-state index contributed by atoms with van der Waals surface area (Å²) in [5, 5.41) is 3.26. The van der Waals surface area contributed by atoms with Gasteiger partial charge in [-0.25, -0.2) is 8.42 Å². The molecule has 6 heteroatoms. The maximum absolute atomic E-state index is 11.9. The van der Waals surface area contributed by atoms with E-state index in [1.165, 1.54) is 0 Å². The molecule has 1 aromatic carbocycles. The lowest BCUT2D eigenvalue weighted by Gasteiger charge is -2.08. The van der Waals surface area contributed by atoms with Crippen LogP contribution < -0.4 is 10.0 Å². The van der Waals surface area contributed by atoms with Crippen LogP contribution in [0.5, 0.6) is 0 Å². The molecule has 19 heavy (non-hydrogen) atoms. The van der Waals surface area contributed by atoms with Gasteiger partial charge < -0.3 is 5.32 Å². The number of unbranched alkanes of at least 4 members (excludes halogenated alkanes) is 1. The number of rotatable bonds is 9. The third-order valence-electron chi connectivity index (χ3n) is 2.54. The predicted molar refractivity (Wildman–Crippen MR) is 83.9 cm³/mol. The molecule has 0 aliphatic carbocycles. The van der Waals surface area contributed by atoms with Gasteiger partial charge in [0.2, 0.25) is 10.0 Å². The van der Waals surface area contributed by atoms with E-state index in [1.54, 1.807) is 18.2 Å². The van der Waals surface area contributed by atoms with E-state index in [9.17, 15) is 8.42 Å². The Morgan fingerprint density at radius 3 is 2.68 bits per heavy atom. The molecule has 108 valence electrons. The molecular weight excluding hydrogens is 328 g/mol. The van der Waals surface area contributed by atoms with Crippen molar-refractivity contribution in [2.24, 2.45) is 0 Å². The Bertz CT molecular complexity index is 477. The van der Waals surface area contributed by atoms with Gasteiger partial charge in [0.1, 0.15) is 0 Å². The van der Waals surface area contributed by atoms with Crippen LogP contribution in [-0.4, -0.2) is 27.3 Å². The van der Waals surface area contributed by atoms with Crippen LogP contribution in [0.15, 0.2) is 28.7 Å². The lowest BCUT2D eigenvalue weighted by atomic mass is 10.3. The number of hydrogen-bond donors (Lipinski definition) is 2. The van der Waals surface area contributed by atoms with E-state index < -0.39 is 10.0 Å². The smallest absolute Gasteiger partial charge is 0.232 e. The number of benzene rings is 1. The average molecular weight is 349 g/mol. The summed E-state index contributed by atoms with van der Waals surface area (Å²) in [7, 11) is -3.24. The van der Waals surface area contributed by atoms with Crippen molar-refractivity contribution in [1.82, 2.24) is 5.32 Å². The minimum Gasteiger partial charge on any atom is -0.317 e. The first-order valence-electron chi connectivity index (χ1n) is 6.50. The molecular formula is C13H21BrN2O2S. The summed E-state index contributed by atoms with van der Waals surface area (Å²) < 4.78 is 27.1. The number of hydrogen-bond acceptors (Lipinski definition) is 3. The molecule has 0 radical (unpaired) electrons. The highest BCUT2D eigenvalue weighted by molar-refractivity contribution is 9.10. The van der Waals surface area contributed by atoms with Crippen LogP contribution in [-0.2, 0) is 10.0 Å². The second kappa shape index (κ2) is 8.55. The molecule has 0 atom stereocenters. The second-order valence-electron chi connectivity index (χ2n) is 4.39. The summed E-state index contributed by atoms with van der Waals surface area (Å²) in [6, 6.07) is 7.15. The molecule has 2 N–H and O–H groups in total. The summed E-state index contributed by atoms with van der Waals surface area (Å²) in [6.45, 7) is 3.97. The van der Waals surface area contributed by atoms with Crippen LogP contribution in [0, 0.1) is 0 Å². The van der Waals surface area contributed by atoms with E-state index in [1.807, 2.05) is 6.07 Å². The fourth-order valence-corrected chi connectivity index (χ4v) is 3.20. The Balaban J connectivity index is 2.32. The zero-order valence-corrected chi connectivity index (χ0v) is 13.6. The highest BCUT2D eigenvalue weighted by Gasteiger charge is 2.09. The lowest BCUT2D eigenvalue weighted by Crippen LogP contribution is -2.19. The SMILES string of the molecule is CCCNCCCCS(=O)(=O)Nc1cccc(Br)c1. The minimum absolute atomic E-state index is 0.160. The van der Waals surface area contributed by atoms with Crippen LogP contribution in [0.4, 0.5) is 5.69 Å². The third-order valence-corrected chi connectivity index (χ3v) is 4.41. The molecule has 0 aliphatic heterocycles. The summed E-state index contributed by atoms with van der Waals surface area (Å²) in [5.41, 5.74) is 0.596. The zero-order valence-electron chi connectivity index (χ0n) is 11.2. The lowest BCUT2D eigenvalue weighted by molar-refractivity contribution is 0.590. The first-order chi connectivity index (χ1) is 9.03. The number of halogens is 1.